The van der Waals surface area contributed by atoms with Crippen LogP contribution in [0.15, 0.2) is 151 Å². The van der Waals surface area contributed by atoms with Crippen molar-refractivity contribution in [1.29, 1.82) is 0 Å². The third-order valence-electron chi connectivity index (χ3n) is 8.73. The summed E-state index contributed by atoms with van der Waals surface area (Å²) >= 11 is 0. The van der Waals surface area contributed by atoms with E-state index in [1.165, 1.54) is 49.2 Å². The summed E-state index contributed by atoms with van der Waals surface area (Å²) in [6, 6.07) is 52.1. The first-order valence-electron chi connectivity index (χ1n) is 14.8. The zero-order chi connectivity index (χ0) is 28.3. The van der Waals surface area contributed by atoms with Crippen LogP contribution >= 0.6 is 0 Å². The molecular weight excluding hydrogens is 522 g/mol. The molecule has 9 rings (SSSR count). The van der Waals surface area contributed by atoms with Crippen LogP contribution < -0.4 is 15.6 Å². The Morgan fingerprint density at radius 3 is 2.02 bits per heavy atom. The molecule has 0 amide bonds. The summed E-state index contributed by atoms with van der Waals surface area (Å²) in [6.07, 6.45) is 3.22. The zero-order valence-electron chi connectivity index (χ0n) is 23.5. The van der Waals surface area contributed by atoms with E-state index in [9.17, 15) is 0 Å². The highest BCUT2D eigenvalue weighted by Crippen LogP contribution is 2.38. The molecule has 3 nitrogen and oxygen atoms in total. The van der Waals surface area contributed by atoms with Gasteiger partial charge in [-0.1, -0.05) is 97.1 Å². The quantitative estimate of drug-likeness (QED) is 0.214. The molecule has 6 aromatic carbocycles. The van der Waals surface area contributed by atoms with E-state index in [-0.39, 0.29) is 0 Å². The lowest BCUT2D eigenvalue weighted by Gasteiger charge is -2.25. The van der Waals surface area contributed by atoms with Gasteiger partial charge in [-0.2, -0.15) is 0 Å². The van der Waals surface area contributed by atoms with Crippen molar-refractivity contribution in [3.05, 3.63) is 162 Å². The summed E-state index contributed by atoms with van der Waals surface area (Å²) < 4.78 is 2.43. The van der Waals surface area contributed by atoms with E-state index >= 15 is 0 Å². The monoisotopic (exact) mass is 549 g/mol. The standard InChI is InChI=1S/C40H27N3/c1-3-13-30(14-4-1)42(31-15-5-2-6-16-31)32-17-9-12-28(25-32)29-22-23-37-35(26-29)33-18-10-19-34-39-38(43(37)40(33)34)24-21-27-11-7-8-20-36(27)41-39/h1-20,22-26H,21H2. The molecule has 0 fully saturated rings. The fraction of sp³-hybridized carbons (Fsp3) is 0.0250. The maximum Gasteiger partial charge on any atom is 0.0967 e. The maximum absolute atomic E-state index is 5.18. The van der Waals surface area contributed by atoms with Crippen LogP contribution in [0.25, 0.3) is 44.4 Å². The first-order chi connectivity index (χ1) is 21.3. The van der Waals surface area contributed by atoms with Gasteiger partial charge in [0.05, 0.1) is 27.4 Å². The Balaban J connectivity index is 1.23. The van der Waals surface area contributed by atoms with Crippen molar-refractivity contribution in [3.8, 4) is 11.1 Å². The molecule has 0 aliphatic carbocycles. The lowest BCUT2D eigenvalue weighted by molar-refractivity contribution is 1.18. The van der Waals surface area contributed by atoms with E-state index in [2.05, 4.69) is 161 Å². The molecule has 3 heteroatoms. The molecule has 202 valence electrons. The van der Waals surface area contributed by atoms with Gasteiger partial charge in [-0.05, 0) is 77.7 Å². The molecule has 2 aromatic heterocycles. The number of hydrogen-bond acceptors (Lipinski definition) is 2. The molecule has 43 heavy (non-hydrogen) atoms. The predicted molar refractivity (Wildman–Crippen MR) is 179 cm³/mol. The number of anilines is 3. The second-order valence-corrected chi connectivity index (χ2v) is 11.2. The molecule has 3 heterocycles. The number of benzene rings is 6. The largest absolute Gasteiger partial charge is 0.310 e. The third-order valence-corrected chi connectivity index (χ3v) is 8.73. The molecule has 0 saturated carbocycles. The molecular formula is C40H27N3. The summed E-state index contributed by atoms with van der Waals surface area (Å²) in [5, 5.41) is 6.01. The van der Waals surface area contributed by atoms with Gasteiger partial charge in [-0.15, -0.1) is 0 Å². The van der Waals surface area contributed by atoms with E-state index in [4.69, 9.17) is 4.99 Å². The van der Waals surface area contributed by atoms with Gasteiger partial charge in [0.2, 0.25) is 0 Å². The number of fused-ring (bicyclic) bond motifs is 7. The second kappa shape index (κ2) is 9.43. The summed E-state index contributed by atoms with van der Waals surface area (Å²) in [6.45, 7) is 0. The normalized spacial score (nSPS) is 12.5. The van der Waals surface area contributed by atoms with E-state index < -0.39 is 0 Å². The minimum atomic E-state index is 0.873. The highest BCUT2D eigenvalue weighted by atomic mass is 15.1. The summed E-state index contributed by atoms with van der Waals surface area (Å²) in [7, 11) is 0. The Hall–Kier alpha value is -5.67. The van der Waals surface area contributed by atoms with Crippen LogP contribution in [0.4, 0.5) is 22.7 Å². The van der Waals surface area contributed by atoms with Crippen molar-refractivity contribution in [2.75, 3.05) is 4.90 Å². The molecule has 0 N–H and O–H groups in total. The third kappa shape index (κ3) is 3.72. The van der Waals surface area contributed by atoms with E-state index in [1.807, 2.05) is 0 Å². The molecule has 0 saturated heterocycles. The number of aromatic nitrogens is 1. The van der Waals surface area contributed by atoms with Crippen molar-refractivity contribution in [3.63, 3.8) is 0 Å². The van der Waals surface area contributed by atoms with Gasteiger partial charge < -0.3 is 9.30 Å². The van der Waals surface area contributed by atoms with Gasteiger partial charge in [0, 0.05) is 33.2 Å². The zero-order valence-corrected chi connectivity index (χ0v) is 23.5. The van der Waals surface area contributed by atoms with Crippen LogP contribution in [0.1, 0.15) is 5.56 Å². The number of rotatable bonds is 4. The van der Waals surface area contributed by atoms with Crippen LogP contribution in [0.5, 0.6) is 0 Å². The summed E-state index contributed by atoms with van der Waals surface area (Å²) in [5.74, 6) is 0. The summed E-state index contributed by atoms with van der Waals surface area (Å²) in [4.78, 5) is 7.50. The Bertz CT molecular complexity index is 2380. The van der Waals surface area contributed by atoms with Gasteiger partial charge in [-0.25, -0.2) is 4.99 Å². The average Bonchev–Trinajstić information content (AvgIpc) is 3.48. The van der Waals surface area contributed by atoms with E-state index in [1.54, 1.807) is 0 Å². The average molecular weight is 550 g/mol. The highest BCUT2D eigenvalue weighted by molar-refractivity contribution is 6.15. The fourth-order valence-corrected chi connectivity index (χ4v) is 6.78. The molecule has 1 aliphatic heterocycles. The van der Waals surface area contributed by atoms with Crippen molar-refractivity contribution in [1.82, 2.24) is 4.40 Å². The van der Waals surface area contributed by atoms with E-state index in [0.29, 0.717) is 0 Å². The van der Waals surface area contributed by atoms with Gasteiger partial charge in [-0.3, -0.25) is 0 Å². The number of hydrogen-bond donors (Lipinski definition) is 0. The van der Waals surface area contributed by atoms with Crippen molar-refractivity contribution < 1.29 is 0 Å². The first-order valence-corrected chi connectivity index (χ1v) is 14.8. The fourth-order valence-electron chi connectivity index (χ4n) is 6.78. The number of para-hydroxylation sites is 4. The molecule has 1 aliphatic rings. The van der Waals surface area contributed by atoms with Gasteiger partial charge in [0.15, 0.2) is 0 Å². The Morgan fingerprint density at radius 2 is 1.21 bits per heavy atom. The molecule has 8 aromatic rings. The Labute approximate surface area is 249 Å². The SMILES string of the molecule is C1=c2c(c3cccc4c5cc(-c6cccc(N(c7ccccc7)c7ccccc7)c6)ccc5n2c34)=Nc2ccccc2C1. The first kappa shape index (κ1) is 24.0. The van der Waals surface area contributed by atoms with Gasteiger partial charge in [0.1, 0.15) is 0 Å². The van der Waals surface area contributed by atoms with Gasteiger partial charge in [0.25, 0.3) is 0 Å². The molecule has 0 unspecified atom stereocenters. The summed E-state index contributed by atoms with van der Waals surface area (Å²) in [5.41, 5.74) is 10.6. The Kier molecular flexibility index (Phi) is 5.26. The van der Waals surface area contributed by atoms with Crippen molar-refractivity contribution >= 4 is 56.0 Å². The van der Waals surface area contributed by atoms with E-state index in [0.717, 1.165) is 34.5 Å². The molecule has 0 spiro atoms. The predicted octanol–water partition coefficient (Wildman–Crippen LogP) is 9.11. The lowest BCUT2D eigenvalue weighted by Crippen LogP contribution is -2.25. The molecule has 0 bridgehead atoms. The van der Waals surface area contributed by atoms with Gasteiger partial charge >= 0.3 is 0 Å². The number of nitrogens with zero attached hydrogens (tertiary/aromatic N) is 3. The van der Waals surface area contributed by atoms with Crippen LogP contribution in [0.2, 0.25) is 0 Å². The minimum Gasteiger partial charge on any atom is -0.310 e. The van der Waals surface area contributed by atoms with Crippen LogP contribution in [-0.2, 0) is 6.42 Å². The topological polar surface area (TPSA) is 20.0 Å². The molecule has 0 radical (unpaired) electrons. The van der Waals surface area contributed by atoms with Crippen LogP contribution in [0.3, 0.4) is 0 Å². The maximum atomic E-state index is 5.18. The Morgan fingerprint density at radius 1 is 0.535 bits per heavy atom. The molecule has 0 atom stereocenters. The van der Waals surface area contributed by atoms with Crippen molar-refractivity contribution in [2.45, 2.75) is 6.42 Å². The van der Waals surface area contributed by atoms with Crippen LogP contribution in [-0.4, -0.2) is 4.40 Å². The second-order valence-electron chi connectivity index (χ2n) is 11.2. The smallest absolute Gasteiger partial charge is 0.0967 e. The van der Waals surface area contributed by atoms with Crippen molar-refractivity contribution in [2.24, 2.45) is 4.99 Å². The van der Waals surface area contributed by atoms with Crippen LogP contribution in [0, 0.1) is 0 Å². The highest BCUT2D eigenvalue weighted by Gasteiger charge is 2.19. The lowest BCUT2D eigenvalue weighted by atomic mass is 10.0. The minimum absolute atomic E-state index is 0.873.